The minimum absolute atomic E-state index is 0.0329. The summed E-state index contributed by atoms with van der Waals surface area (Å²) in [5.74, 6) is 1.11. The third-order valence-corrected chi connectivity index (χ3v) is 3.63. The third-order valence-electron chi connectivity index (χ3n) is 3.63. The molecule has 2 rings (SSSR count). The van der Waals surface area contributed by atoms with E-state index in [-0.39, 0.29) is 17.6 Å². The highest BCUT2D eigenvalue weighted by Gasteiger charge is 2.48. The Labute approximate surface area is 107 Å². The van der Waals surface area contributed by atoms with Crippen LogP contribution in [-0.2, 0) is 4.74 Å². The van der Waals surface area contributed by atoms with Gasteiger partial charge in [0.15, 0.2) is 5.96 Å². The summed E-state index contributed by atoms with van der Waals surface area (Å²) in [5, 5.41) is 2.99. The molecular weight excluding hydrogens is 228 g/mol. The zero-order valence-corrected chi connectivity index (χ0v) is 11.1. The zero-order chi connectivity index (χ0) is 13.2. The van der Waals surface area contributed by atoms with Crippen LogP contribution in [0.25, 0.3) is 0 Å². The first-order valence-electron chi connectivity index (χ1n) is 6.08. The van der Waals surface area contributed by atoms with Crippen LogP contribution >= 0.6 is 0 Å². The normalized spacial score (nSPS) is 26.5. The molecule has 3 N–H and O–H groups in total. The summed E-state index contributed by atoms with van der Waals surface area (Å²) in [6, 6.07) is 5.80. The number of hydrogen-bond acceptors (Lipinski definition) is 3. The Morgan fingerprint density at radius 3 is 2.89 bits per heavy atom. The van der Waals surface area contributed by atoms with E-state index in [4.69, 9.17) is 10.5 Å². The molecule has 2 unspecified atom stereocenters. The van der Waals surface area contributed by atoms with Crippen molar-refractivity contribution in [1.82, 2.24) is 4.98 Å². The molecule has 0 amide bonds. The van der Waals surface area contributed by atoms with Crippen molar-refractivity contribution in [2.24, 2.45) is 16.1 Å². The fraction of sp³-hybridized carbons (Fsp3) is 0.538. The Morgan fingerprint density at radius 1 is 1.56 bits per heavy atom. The van der Waals surface area contributed by atoms with Gasteiger partial charge in [-0.2, -0.15) is 0 Å². The van der Waals surface area contributed by atoms with E-state index < -0.39 is 0 Å². The van der Waals surface area contributed by atoms with E-state index in [1.165, 1.54) is 0 Å². The number of nitrogens with one attached hydrogen (secondary N) is 1. The number of aromatic nitrogens is 1. The molecule has 18 heavy (non-hydrogen) atoms. The van der Waals surface area contributed by atoms with Crippen molar-refractivity contribution in [3.05, 3.63) is 24.4 Å². The topological polar surface area (TPSA) is 72.5 Å². The zero-order valence-electron chi connectivity index (χ0n) is 11.1. The van der Waals surface area contributed by atoms with Crippen molar-refractivity contribution in [3.63, 3.8) is 0 Å². The lowest BCUT2D eigenvalue weighted by Gasteiger charge is -2.48. The maximum atomic E-state index is 5.88. The van der Waals surface area contributed by atoms with Crippen molar-refractivity contribution < 1.29 is 4.74 Å². The van der Waals surface area contributed by atoms with Crippen molar-refractivity contribution in [2.45, 2.75) is 32.4 Å². The molecule has 0 aromatic carbocycles. The van der Waals surface area contributed by atoms with E-state index in [9.17, 15) is 0 Å². The molecule has 0 aliphatic heterocycles. The molecule has 5 heteroatoms. The Hall–Kier alpha value is -1.62. The fourth-order valence-corrected chi connectivity index (χ4v) is 2.25. The van der Waals surface area contributed by atoms with Crippen LogP contribution in [-0.4, -0.2) is 30.2 Å². The van der Waals surface area contributed by atoms with Gasteiger partial charge in [0.25, 0.3) is 0 Å². The maximum absolute atomic E-state index is 5.88. The summed E-state index contributed by atoms with van der Waals surface area (Å²) < 4.78 is 5.39. The summed E-state index contributed by atoms with van der Waals surface area (Å²) in [6.07, 6.45) is 2.88. The predicted octanol–water partition coefficient (Wildman–Crippen LogP) is 1.62. The summed E-state index contributed by atoms with van der Waals surface area (Å²) in [5.41, 5.74) is 5.92. The van der Waals surface area contributed by atoms with Gasteiger partial charge in [-0.1, -0.05) is 19.9 Å². The molecule has 1 heterocycles. The van der Waals surface area contributed by atoms with Crippen LogP contribution in [0.15, 0.2) is 29.4 Å². The lowest BCUT2D eigenvalue weighted by molar-refractivity contribution is -0.0850. The van der Waals surface area contributed by atoms with E-state index in [0.717, 1.165) is 6.42 Å². The number of ether oxygens (including phenoxy) is 1. The largest absolute Gasteiger partial charge is 0.381 e. The minimum atomic E-state index is 0.0329. The highest BCUT2D eigenvalue weighted by Crippen LogP contribution is 2.44. The molecule has 1 aliphatic rings. The molecule has 1 fully saturated rings. The van der Waals surface area contributed by atoms with Gasteiger partial charge in [0.05, 0.1) is 12.1 Å². The SMILES string of the molecule is COC1CC(N=C(N)Nc2ccccn2)C1(C)C. The summed E-state index contributed by atoms with van der Waals surface area (Å²) >= 11 is 0. The maximum Gasteiger partial charge on any atom is 0.194 e. The van der Waals surface area contributed by atoms with E-state index in [1.807, 2.05) is 18.2 Å². The van der Waals surface area contributed by atoms with Gasteiger partial charge in [-0.25, -0.2) is 9.98 Å². The molecule has 2 atom stereocenters. The van der Waals surface area contributed by atoms with Crippen LogP contribution in [0.1, 0.15) is 20.3 Å². The number of pyridine rings is 1. The Morgan fingerprint density at radius 2 is 2.33 bits per heavy atom. The molecule has 98 valence electrons. The van der Waals surface area contributed by atoms with Crippen molar-refractivity contribution >= 4 is 11.8 Å². The van der Waals surface area contributed by atoms with E-state index >= 15 is 0 Å². The fourth-order valence-electron chi connectivity index (χ4n) is 2.25. The van der Waals surface area contributed by atoms with Crippen molar-refractivity contribution in [1.29, 1.82) is 0 Å². The van der Waals surface area contributed by atoms with Gasteiger partial charge in [0.1, 0.15) is 5.82 Å². The van der Waals surface area contributed by atoms with Crippen LogP contribution in [0.2, 0.25) is 0 Å². The Kier molecular flexibility index (Phi) is 3.52. The van der Waals surface area contributed by atoms with E-state index in [1.54, 1.807) is 13.3 Å². The van der Waals surface area contributed by atoms with E-state index in [2.05, 4.69) is 29.1 Å². The number of hydrogen-bond donors (Lipinski definition) is 2. The lowest BCUT2D eigenvalue weighted by atomic mass is 9.65. The van der Waals surface area contributed by atoms with E-state index in [0.29, 0.717) is 11.8 Å². The second-order valence-corrected chi connectivity index (χ2v) is 5.15. The number of aliphatic imine (C=N–C) groups is 1. The standard InChI is InChI=1S/C13H20N4O/c1-13(2)9(8-10(13)18-3)16-12(14)17-11-6-4-5-7-15-11/h4-7,9-10H,8H2,1-3H3,(H3,14,15,16,17). The molecule has 5 nitrogen and oxygen atoms in total. The number of rotatable bonds is 3. The van der Waals surface area contributed by atoms with Gasteiger partial charge in [-0.05, 0) is 18.6 Å². The van der Waals surface area contributed by atoms with Crippen LogP contribution in [0.4, 0.5) is 5.82 Å². The molecule has 1 aromatic rings. The van der Waals surface area contributed by atoms with Gasteiger partial charge >= 0.3 is 0 Å². The molecule has 0 radical (unpaired) electrons. The molecule has 1 aromatic heterocycles. The molecule has 1 aliphatic carbocycles. The lowest BCUT2D eigenvalue weighted by Crippen LogP contribution is -2.54. The van der Waals surface area contributed by atoms with Gasteiger partial charge in [0.2, 0.25) is 0 Å². The number of anilines is 1. The van der Waals surface area contributed by atoms with Gasteiger partial charge in [-0.3, -0.25) is 0 Å². The van der Waals surface area contributed by atoms with Gasteiger partial charge in [-0.15, -0.1) is 0 Å². The Balaban J connectivity index is 1.98. The highest BCUT2D eigenvalue weighted by molar-refractivity contribution is 5.91. The first kappa shape index (κ1) is 12.8. The number of nitrogens with zero attached hydrogens (tertiary/aromatic N) is 2. The first-order chi connectivity index (χ1) is 8.54. The molecule has 0 bridgehead atoms. The average molecular weight is 248 g/mol. The number of methoxy groups -OCH3 is 1. The van der Waals surface area contributed by atoms with Gasteiger partial charge in [0, 0.05) is 18.7 Å². The third kappa shape index (κ3) is 2.46. The highest BCUT2D eigenvalue weighted by atomic mass is 16.5. The number of guanidine groups is 1. The molecule has 0 saturated heterocycles. The first-order valence-corrected chi connectivity index (χ1v) is 6.08. The molecule has 1 saturated carbocycles. The predicted molar refractivity (Wildman–Crippen MR) is 72.5 cm³/mol. The van der Waals surface area contributed by atoms with Crippen LogP contribution in [0.5, 0.6) is 0 Å². The number of nitrogens with two attached hydrogens (primary N) is 1. The summed E-state index contributed by atoms with van der Waals surface area (Å²) in [4.78, 5) is 8.63. The minimum Gasteiger partial charge on any atom is -0.381 e. The second kappa shape index (κ2) is 4.94. The second-order valence-electron chi connectivity index (χ2n) is 5.15. The molecule has 0 spiro atoms. The summed E-state index contributed by atoms with van der Waals surface area (Å²) in [6.45, 7) is 4.29. The average Bonchev–Trinajstić information content (AvgIpc) is 2.35. The van der Waals surface area contributed by atoms with Crippen LogP contribution in [0, 0.1) is 5.41 Å². The quantitative estimate of drug-likeness (QED) is 0.630. The monoisotopic (exact) mass is 248 g/mol. The summed E-state index contributed by atoms with van der Waals surface area (Å²) in [7, 11) is 1.74. The van der Waals surface area contributed by atoms with Gasteiger partial charge < -0.3 is 15.8 Å². The molecular formula is C13H20N4O. The van der Waals surface area contributed by atoms with Crippen LogP contribution < -0.4 is 11.1 Å². The van der Waals surface area contributed by atoms with Crippen molar-refractivity contribution in [2.75, 3.05) is 12.4 Å². The Bertz CT molecular complexity index is 430. The van der Waals surface area contributed by atoms with Crippen LogP contribution in [0.3, 0.4) is 0 Å². The van der Waals surface area contributed by atoms with Crippen molar-refractivity contribution in [3.8, 4) is 0 Å². The smallest absolute Gasteiger partial charge is 0.194 e.